The van der Waals surface area contributed by atoms with Crippen molar-refractivity contribution >= 4 is 40.9 Å². The van der Waals surface area contributed by atoms with Crippen molar-refractivity contribution in [1.82, 2.24) is 0 Å². The lowest BCUT2D eigenvalue weighted by atomic mass is 10.1. The predicted octanol–water partition coefficient (Wildman–Crippen LogP) is 3.72. The number of ketones is 1. The molecule has 2 aromatic rings. The number of halogens is 1. The monoisotopic (exact) mass is 417 g/mol. The Morgan fingerprint density at radius 1 is 1.00 bits per heavy atom. The van der Waals surface area contributed by atoms with Crippen LogP contribution in [0.15, 0.2) is 42.5 Å². The van der Waals surface area contributed by atoms with E-state index in [0.29, 0.717) is 22.0 Å². The van der Waals surface area contributed by atoms with Crippen molar-refractivity contribution in [2.75, 3.05) is 11.9 Å². The fourth-order valence-electron chi connectivity index (χ4n) is 2.33. The summed E-state index contributed by atoms with van der Waals surface area (Å²) in [4.78, 5) is 46.7. The lowest BCUT2D eigenvalue weighted by Crippen LogP contribution is -2.17. The summed E-state index contributed by atoms with van der Waals surface area (Å²) in [5.41, 5.74) is 1.72. The third-order valence-corrected chi connectivity index (χ3v) is 4.07. The number of rotatable bonds is 8. The molecule has 152 valence electrons. The van der Waals surface area contributed by atoms with Crippen LogP contribution in [0.4, 0.5) is 5.69 Å². The zero-order valence-electron chi connectivity index (χ0n) is 16.0. The lowest BCUT2D eigenvalue weighted by molar-refractivity contribution is -0.143. The van der Waals surface area contributed by atoms with Gasteiger partial charge >= 0.3 is 11.9 Å². The highest BCUT2D eigenvalue weighted by molar-refractivity contribution is 6.31. The second-order valence-corrected chi connectivity index (χ2v) is 6.65. The molecule has 0 fully saturated rings. The van der Waals surface area contributed by atoms with Crippen molar-refractivity contribution in [1.29, 1.82) is 0 Å². The molecular formula is C21H20ClNO6. The molecule has 1 N–H and O–H groups in total. The summed E-state index contributed by atoms with van der Waals surface area (Å²) in [6, 6.07) is 11.0. The highest BCUT2D eigenvalue weighted by Crippen LogP contribution is 2.20. The van der Waals surface area contributed by atoms with Crippen LogP contribution in [0.5, 0.6) is 5.75 Å². The number of hydrogen-bond donors (Lipinski definition) is 1. The summed E-state index contributed by atoms with van der Waals surface area (Å²) >= 11 is 5.90. The molecule has 8 heteroatoms. The maximum absolute atomic E-state index is 12.1. The SMILES string of the molecule is CC(=O)Oc1ccc(C(=O)COC(=O)CCC(=O)Nc2cc(Cl)ccc2C)cc1. The van der Waals surface area contributed by atoms with E-state index in [1.54, 1.807) is 18.2 Å². The van der Waals surface area contributed by atoms with Crippen LogP contribution < -0.4 is 10.1 Å². The predicted molar refractivity (Wildman–Crippen MR) is 107 cm³/mol. The molecule has 0 aliphatic carbocycles. The fourth-order valence-corrected chi connectivity index (χ4v) is 2.51. The molecule has 2 aromatic carbocycles. The van der Waals surface area contributed by atoms with Crippen LogP contribution in [0.2, 0.25) is 5.02 Å². The first-order valence-electron chi connectivity index (χ1n) is 8.78. The van der Waals surface area contributed by atoms with Crippen LogP contribution >= 0.6 is 11.6 Å². The largest absolute Gasteiger partial charge is 0.457 e. The van der Waals surface area contributed by atoms with E-state index in [4.69, 9.17) is 21.1 Å². The van der Waals surface area contributed by atoms with Crippen LogP contribution in [0.25, 0.3) is 0 Å². The number of anilines is 1. The highest BCUT2D eigenvalue weighted by Gasteiger charge is 2.13. The van der Waals surface area contributed by atoms with E-state index in [1.807, 2.05) is 6.92 Å². The number of hydrogen-bond acceptors (Lipinski definition) is 6. The molecule has 0 saturated carbocycles. The average Bonchev–Trinajstić information content (AvgIpc) is 2.67. The van der Waals surface area contributed by atoms with Gasteiger partial charge < -0.3 is 14.8 Å². The van der Waals surface area contributed by atoms with Crippen molar-refractivity contribution in [2.24, 2.45) is 0 Å². The van der Waals surface area contributed by atoms with E-state index in [-0.39, 0.29) is 18.7 Å². The second-order valence-electron chi connectivity index (χ2n) is 6.21. The van der Waals surface area contributed by atoms with E-state index < -0.39 is 24.3 Å². The van der Waals surface area contributed by atoms with Gasteiger partial charge in [0.15, 0.2) is 12.4 Å². The average molecular weight is 418 g/mol. The Labute approximate surface area is 172 Å². The summed E-state index contributed by atoms with van der Waals surface area (Å²) < 4.78 is 9.80. The number of carbonyl (C=O) groups is 4. The fraction of sp³-hybridized carbons (Fsp3) is 0.238. The van der Waals surface area contributed by atoms with Gasteiger partial charge in [0.05, 0.1) is 6.42 Å². The molecule has 0 aliphatic rings. The number of amides is 1. The quantitative estimate of drug-likeness (QED) is 0.399. The van der Waals surface area contributed by atoms with Crippen molar-refractivity contribution < 1.29 is 28.7 Å². The van der Waals surface area contributed by atoms with Gasteiger partial charge in [-0.2, -0.15) is 0 Å². The van der Waals surface area contributed by atoms with Gasteiger partial charge in [-0.15, -0.1) is 0 Å². The molecule has 1 amide bonds. The molecule has 0 unspecified atom stereocenters. The summed E-state index contributed by atoms with van der Waals surface area (Å²) in [7, 11) is 0. The number of benzene rings is 2. The Bertz CT molecular complexity index is 923. The van der Waals surface area contributed by atoms with Crippen LogP contribution in [0, 0.1) is 6.92 Å². The summed E-state index contributed by atoms with van der Waals surface area (Å²) in [5, 5.41) is 3.17. The first-order chi connectivity index (χ1) is 13.7. The van der Waals surface area contributed by atoms with E-state index in [2.05, 4.69) is 5.32 Å². The third kappa shape index (κ3) is 7.38. The molecule has 2 rings (SSSR count). The molecule has 0 radical (unpaired) electrons. The Morgan fingerprint density at radius 3 is 2.34 bits per heavy atom. The zero-order valence-corrected chi connectivity index (χ0v) is 16.7. The van der Waals surface area contributed by atoms with Crippen molar-refractivity contribution in [3.8, 4) is 5.75 Å². The van der Waals surface area contributed by atoms with Gasteiger partial charge in [-0.25, -0.2) is 0 Å². The minimum absolute atomic E-state index is 0.0872. The van der Waals surface area contributed by atoms with Crippen LogP contribution in [-0.2, 0) is 19.1 Å². The van der Waals surface area contributed by atoms with Crippen molar-refractivity contribution in [3.63, 3.8) is 0 Å². The van der Waals surface area contributed by atoms with E-state index in [9.17, 15) is 19.2 Å². The molecular weight excluding hydrogens is 398 g/mol. The number of esters is 2. The first-order valence-corrected chi connectivity index (χ1v) is 9.15. The molecule has 0 heterocycles. The lowest BCUT2D eigenvalue weighted by Gasteiger charge is -2.09. The number of Topliss-reactive ketones (excluding diaryl/α,β-unsaturated/α-hetero) is 1. The first kappa shape index (κ1) is 22.1. The number of ether oxygens (including phenoxy) is 2. The standard InChI is InChI=1S/C21H20ClNO6/c1-13-3-6-16(22)11-18(13)23-20(26)9-10-21(27)28-12-19(25)15-4-7-17(8-5-15)29-14(2)24/h3-8,11H,9-10,12H2,1-2H3,(H,23,26). The van der Waals surface area contributed by atoms with Gasteiger partial charge in [-0.3, -0.25) is 19.2 Å². The number of carbonyl (C=O) groups excluding carboxylic acids is 4. The van der Waals surface area contributed by atoms with Crippen LogP contribution in [0.3, 0.4) is 0 Å². The van der Waals surface area contributed by atoms with Gasteiger partial charge in [0.2, 0.25) is 5.91 Å². The summed E-state index contributed by atoms with van der Waals surface area (Å²) in [5.74, 6) is -1.58. The highest BCUT2D eigenvalue weighted by atomic mass is 35.5. The maximum atomic E-state index is 12.1. The zero-order chi connectivity index (χ0) is 21.4. The van der Waals surface area contributed by atoms with E-state index >= 15 is 0 Å². The molecule has 0 aliphatic heterocycles. The molecule has 7 nitrogen and oxygen atoms in total. The van der Waals surface area contributed by atoms with E-state index in [1.165, 1.54) is 31.2 Å². The van der Waals surface area contributed by atoms with Crippen LogP contribution in [-0.4, -0.2) is 30.2 Å². The Kier molecular flexibility index (Phi) is 7.91. The maximum Gasteiger partial charge on any atom is 0.308 e. The van der Waals surface area contributed by atoms with Crippen molar-refractivity contribution in [3.05, 3.63) is 58.6 Å². The second kappa shape index (κ2) is 10.4. The molecule has 0 bridgehead atoms. The summed E-state index contributed by atoms with van der Waals surface area (Å²) in [6.07, 6.45) is -0.250. The Balaban J connectivity index is 1.76. The van der Waals surface area contributed by atoms with Gasteiger partial charge in [0.1, 0.15) is 5.75 Å². The van der Waals surface area contributed by atoms with Gasteiger partial charge in [-0.1, -0.05) is 17.7 Å². The topological polar surface area (TPSA) is 98.8 Å². The normalized spacial score (nSPS) is 10.2. The number of aryl methyl sites for hydroxylation is 1. The van der Waals surface area contributed by atoms with Crippen molar-refractivity contribution in [2.45, 2.75) is 26.7 Å². The number of nitrogens with one attached hydrogen (secondary N) is 1. The van der Waals surface area contributed by atoms with E-state index in [0.717, 1.165) is 5.56 Å². The Morgan fingerprint density at radius 2 is 1.69 bits per heavy atom. The third-order valence-electron chi connectivity index (χ3n) is 3.83. The smallest absolute Gasteiger partial charge is 0.308 e. The van der Waals surface area contributed by atoms with Gasteiger partial charge in [0.25, 0.3) is 0 Å². The van der Waals surface area contributed by atoms with Gasteiger partial charge in [-0.05, 0) is 48.9 Å². The van der Waals surface area contributed by atoms with Crippen LogP contribution in [0.1, 0.15) is 35.7 Å². The molecule has 0 aromatic heterocycles. The molecule has 0 atom stereocenters. The minimum Gasteiger partial charge on any atom is -0.457 e. The molecule has 0 saturated heterocycles. The molecule has 0 spiro atoms. The minimum atomic E-state index is -0.659. The summed E-state index contributed by atoms with van der Waals surface area (Å²) in [6.45, 7) is 2.65. The van der Waals surface area contributed by atoms with Gasteiger partial charge in [0, 0.05) is 29.6 Å². The Hall–Kier alpha value is -3.19. The molecule has 29 heavy (non-hydrogen) atoms.